The maximum atomic E-state index is 5.74. The number of nitrogen functional groups attached to an aromatic ring is 1. The minimum Gasteiger partial charge on any atom is -0.395 e. The fourth-order valence-corrected chi connectivity index (χ4v) is 2.01. The average Bonchev–Trinajstić information content (AvgIpc) is 2.29. The van der Waals surface area contributed by atoms with Gasteiger partial charge in [-0.05, 0) is 5.56 Å². The predicted octanol–water partition coefficient (Wildman–Crippen LogP) is 2.35. The topological polar surface area (TPSA) is 51.8 Å². The van der Waals surface area contributed by atoms with Crippen molar-refractivity contribution < 1.29 is 0 Å². The molecule has 0 fully saturated rings. The lowest BCUT2D eigenvalue weighted by Crippen LogP contribution is -1.93. The average molecular weight is 217 g/mol. The number of benzene rings is 1. The molecule has 0 saturated carbocycles. The summed E-state index contributed by atoms with van der Waals surface area (Å²) in [4.78, 5) is 7.97. The molecule has 0 unspecified atom stereocenters. The number of thioether (sulfide) groups is 1. The zero-order valence-electron chi connectivity index (χ0n) is 8.13. The van der Waals surface area contributed by atoms with E-state index in [9.17, 15) is 0 Å². The van der Waals surface area contributed by atoms with Crippen molar-refractivity contribution in [3.8, 4) is 0 Å². The van der Waals surface area contributed by atoms with E-state index in [0.717, 1.165) is 10.8 Å². The first-order chi connectivity index (χ1) is 7.36. The van der Waals surface area contributed by atoms with Crippen LogP contribution in [0.1, 0.15) is 5.56 Å². The molecule has 0 aliphatic heterocycles. The Morgan fingerprint density at radius 2 is 2.00 bits per heavy atom. The molecule has 1 heterocycles. The molecule has 2 aromatic rings. The molecule has 2 rings (SSSR count). The monoisotopic (exact) mass is 217 g/mol. The molecule has 0 radical (unpaired) electrons. The van der Waals surface area contributed by atoms with Gasteiger partial charge >= 0.3 is 0 Å². The van der Waals surface area contributed by atoms with E-state index in [-0.39, 0.29) is 0 Å². The second-order valence-corrected chi connectivity index (χ2v) is 4.02. The molecule has 0 bridgehead atoms. The molecule has 15 heavy (non-hydrogen) atoms. The van der Waals surface area contributed by atoms with Crippen LogP contribution in [-0.4, -0.2) is 9.97 Å². The first kappa shape index (κ1) is 9.98. The Labute approximate surface area is 92.8 Å². The Balaban J connectivity index is 2.03. The summed E-state index contributed by atoms with van der Waals surface area (Å²) in [5, 5.41) is 0.842. The zero-order chi connectivity index (χ0) is 10.5. The molecule has 0 saturated heterocycles. The van der Waals surface area contributed by atoms with Crippen molar-refractivity contribution in [1.29, 1.82) is 0 Å². The Bertz CT molecular complexity index is 431. The van der Waals surface area contributed by atoms with E-state index < -0.39 is 0 Å². The van der Waals surface area contributed by atoms with Gasteiger partial charge in [-0.2, -0.15) is 0 Å². The number of aromatic nitrogens is 2. The number of hydrogen-bond acceptors (Lipinski definition) is 4. The molecule has 0 spiro atoms. The van der Waals surface area contributed by atoms with Crippen molar-refractivity contribution in [1.82, 2.24) is 9.97 Å². The molecule has 76 valence electrons. The Hall–Kier alpha value is -1.55. The van der Waals surface area contributed by atoms with Crippen molar-refractivity contribution in [3.05, 3.63) is 48.4 Å². The van der Waals surface area contributed by atoms with Crippen LogP contribution in [0.15, 0.2) is 47.9 Å². The summed E-state index contributed by atoms with van der Waals surface area (Å²) in [5.74, 6) is 0.877. The second-order valence-electron chi connectivity index (χ2n) is 3.06. The van der Waals surface area contributed by atoms with Crippen molar-refractivity contribution in [3.63, 3.8) is 0 Å². The molecule has 1 aromatic carbocycles. The predicted molar refractivity (Wildman–Crippen MR) is 62.4 cm³/mol. The molecule has 4 heteroatoms. The molecule has 0 aliphatic rings. The molecule has 0 atom stereocenters. The quantitative estimate of drug-likeness (QED) is 0.633. The van der Waals surface area contributed by atoms with E-state index in [4.69, 9.17) is 5.73 Å². The van der Waals surface area contributed by atoms with E-state index in [0.29, 0.717) is 5.69 Å². The summed E-state index contributed by atoms with van der Waals surface area (Å²) >= 11 is 1.62. The van der Waals surface area contributed by atoms with Crippen LogP contribution in [0.5, 0.6) is 0 Å². The van der Waals surface area contributed by atoms with E-state index in [1.807, 2.05) is 18.2 Å². The standard InChI is InChI=1S/C11H11N3S/c12-10-6-13-8-14-11(10)15-7-9-4-2-1-3-5-9/h1-6,8H,7,12H2. The molecule has 1 aromatic heterocycles. The van der Waals surface area contributed by atoms with Gasteiger partial charge in [0.25, 0.3) is 0 Å². The van der Waals surface area contributed by atoms with E-state index >= 15 is 0 Å². The zero-order valence-corrected chi connectivity index (χ0v) is 8.95. The summed E-state index contributed by atoms with van der Waals surface area (Å²) < 4.78 is 0. The van der Waals surface area contributed by atoms with Gasteiger partial charge in [-0.25, -0.2) is 9.97 Å². The molecule has 2 N–H and O–H groups in total. The number of nitrogens with two attached hydrogens (primary N) is 1. The van der Waals surface area contributed by atoms with Gasteiger partial charge < -0.3 is 5.73 Å². The SMILES string of the molecule is Nc1cncnc1SCc1ccccc1. The first-order valence-corrected chi connectivity index (χ1v) is 5.57. The van der Waals surface area contributed by atoms with Crippen LogP contribution in [0.25, 0.3) is 0 Å². The maximum absolute atomic E-state index is 5.74. The van der Waals surface area contributed by atoms with Gasteiger partial charge in [0.2, 0.25) is 0 Å². The molecular weight excluding hydrogens is 206 g/mol. The Kier molecular flexibility index (Phi) is 3.19. The van der Waals surface area contributed by atoms with Crippen LogP contribution in [0.2, 0.25) is 0 Å². The normalized spacial score (nSPS) is 10.1. The summed E-state index contributed by atoms with van der Waals surface area (Å²) in [6, 6.07) is 10.2. The first-order valence-electron chi connectivity index (χ1n) is 4.58. The third kappa shape index (κ3) is 2.70. The van der Waals surface area contributed by atoms with Gasteiger partial charge in [0.05, 0.1) is 11.9 Å². The highest BCUT2D eigenvalue weighted by molar-refractivity contribution is 7.98. The van der Waals surface area contributed by atoms with Crippen LogP contribution in [0, 0.1) is 0 Å². The third-order valence-electron chi connectivity index (χ3n) is 1.92. The smallest absolute Gasteiger partial charge is 0.123 e. The summed E-state index contributed by atoms with van der Waals surface area (Å²) in [7, 11) is 0. The fraction of sp³-hybridized carbons (Fsp3) is 0.0909. The summed E-state index contributed by atoms with van der Waals surface area (Å²) in [6.45, 7) is 0. The van der Waals surface area contributed by atoms with Crippen molar-refractivity contribution in [2.24, 2.45) is 0 Å². The van der Waals surface area contributed by atoms with Gasteiger partial charge in [0.15, 0.2) is 0 Å². The van der Waals surface area contributed by atoms with Crippen LogP contribution in [0.3, 0.4) is 0 Å². The highest BCUT2D eigenvalue weighted by Gasteiger charge is 2.01. The van der Waals surface area contributed by atoms with Crippen LogP contribution in [-0.2, 0) is 5.75 Å². The second kappa shape index (κ2) is 4.79. The third-order valence-corrected chi connectivity index (χ3v) is 3.01. The Morgan fingerprint density at radius 1 is 1.20 bits per heavy atom. The number of anilines is 1. The van der Waals surface area contributed by atoms with Crippen molar-refractivity contribution >= 4 is 17.4 Å². The molecular formula is C11H11N3S. The minimum atomic E-state index is 0.637. The van der Waals surface area contributed by atoms with Crippen LogP contribution >= 0.6 is 11.8 Å². The number of hydrogen-bond donors (Lipinski definition) is 1. The Morgan fingerprint density at radius 3 is 2.73 bits per heavy atom. The van der Waals surface area contributed by atoms with Gasteiger partial charge in [-0.3, -0.25) is 0 Å². The van der Waals surface area contributed by atoms with Crippen molar-refractivity contribution in [2.75, 3.05) is 5.73 Å². The van der Waals surface area contributed by atoms with Crippen LogP contribution in [0.4, 0.5) is 5.69 Å². The van der Waals surface area contributed by atoms with Crippen molar-refractivity contribution in [2.45, 2.75) is 10.8 Å². The minimum absolute atomic E-state index is 0.637. The summed E-state index contributed by atoms with van der Waals surface area (Å²) in [5.41, 5.74) is 7.64. The lowest BCUT2D eigenvalue weighted by molar-refractivity contribution is 1.05. The molecule has 3 nitrogen and oxygen atoms in total. The van der Waals surface area contributed by atoms with E-state index in [2.05, 4.69) is 22.1 Å². The number of rotatable bonds is 3. The lowest BCUT2D eigenvalue weighted by Gasteiger charge is -2.02. The van der Waals surface area contributed by atoms with E-state index in [1.165, 1.54) is 11.9 Å². The van der Waals surface area contributed by atoms with E-state index in [1.54, 1.807) is 18.0 Å². The largest absolute Gasteiger partial charge is 0.395 e. The van der Waals surface area contributed by atoms with Gasteiger partial charge in [-0.15, -0.1) is 0 Å². The summed E-state index contributed by atoms with van der Waals surface area (Å²) in [6.07, 6.45) is 3.14. The molecule has 0 aliphatic carbocycles. The van der Waals surface area contributed by atoms with Gasteiger partial charge in [-0.1, -0.05) is 42.1 Å². The number of nitrogens with zero attached hydrogens (tertiary/aromatic N) is 2. The van der Waals surface area contributed by atoms with Crippen LogP contribution < -0.4 is 5.73 Å². The van der Waals surface area contributed by atoms with Gasteiger partial charge in [0, 0.05) is 5.75 Å². The molecule has 0 amide bonds. The highest BCUT2D eigenvalue weighted by atomic mass is 32.2. The van der Waals surface area contributed by atoms with Gasteiger partial charge in [0.1, 0.15) is 11.4 Å². The lowest BCUT2D eigenvalue weighted by atomic mass is 10.2. The maximum Gasteiger partial charge on any atom is 0.123 e. The highest BCUT2D eigenvalue weighted by Crippen LogP contribution is 2.24. The fourth-order valence-electron chi connectivity index (χ4n) is 1.18.